The highest BCUT2D eigenvalue weighted by Gasteiger charge is 2.33. The molecule has 112 valence electrons. The molecule has 1 N–H and O–H groups in total. The van der Waals surface area contributed by atoms with Crippen molar-refractivity contribution in [1.29, 1.82) is 0 Å². The molecule has 4 nitrogen and oxygen atoms in total. The largest absolute Gasteiger partial charge is 0.388 e. The fourth-order valence-electron chi connectivity index (χ4n) is 3.47. The first kappa shape index (κ1) is 14.1. The van der Waals surface area contributed by atoms with Crippen molar-refractivity contribution in [2.75, 3.05) is 32.8 Å². The van der Waals surface area contributed by atoms with Crippen LogP contribution in [0.15, 0.2) is 12.3 Å². The number of ether oxygens (including phenoxy) is 1. The molecule has 1 atom stereocenters. The zero-order valence-corrected chi connectivity index (χ0v) is 12.6. The Balaban J connectivity index is 1.69. The number of nitrogens with zero attached hydrogens (tertiary/aromatic N) is 2. The van der Waals surface area contributed by atoms with E-state index in [9.17, 15) is 5.11 Å². The molecule has 2 aliphatic rings. The number of aromatic nitrogens is 1. The molecule has 1 fully saturated rings. The first-order chi connectivity index (χ1) is 9.55. The number of morpholine rings is 1. The number of aliphatic hydroxyl groups excluding tert-OH is 1. The van der Waals surface area contributed by atoms with Crippen molar-refractivity contribution >= 4 is 0 Å². The maximum absolute atomic E-state index is 10.3. The molecule has 0 aromatic carbocycles. The van der Waals surface area contributed by atoms with Gasteiger partial charge in [0, 0.05) is 43.6 Å². The van der Waals surface area contributed by atoms with Gasteiger partial charge in [0.1, 0.15) is 0 Å². The summed E-state index contributed by atoms with van der Waals surface area (Å²) in [6, 6.07) is 2.11. The van der Waals surface area contributed by atoms with Crippen LogP contribution in [-0.4, -0.2) is 47.4 Å². The number of aliphatic hydroxyl groups is 1. The predicted molar refractivity (Wildman–Crippen MR) is 78.8 cm³/mol. The van der Waals surface area contributed by atoms with Crippen molar-refractivity contribution < 1.29 is 9.84 Å². The minimum Gasteiger partial charge on any atom is -0.388 e. The Hall–Kier alpha value is -0.840. The third-order valence-electron chi connectivity index (χ3n) is 4.63. The highest BCUT2D eigenvalue weighted by molar-refractivity contribution is 5.29. The van der Waals surface area contributed by atoms with Gasteiger partial charge in [0.15, 0.2) is 0 Å². The highest BCUT2D eigenvalue weighted by atomic mass is 16.5. The third-order valence-corrected chi connectivity index (χ3v) is 4.63. The van der Waals surface area contributed by atoms with Gasteiger partial charge in [0.2, 0.25) is 0 Å². The van der Waals surface area contributed by atoms with Gasteiger partial charge in [-0.15, -0.1) is 0 Å². The summed E-state index contributed by atoms with van der Waals surface area (Å²) in [6.07, 6.45) is 3.79. The van der Waals surface area contributed by atoms with E-state index < -0.39 is 0 Å². The van der Waals surface area contributed by atoms with E-state index in [1.165, 1.54) is 5.69 Å². The van der Waals surface area contributed by atoms with Crippen LogP contribution in [0.3, 0.4) is 0 Å². The summed E-state index contributed by atoms with van der Waals surface area (Å²) in [7, 11) is 0. The van der Waals surface area contributed by atoms with Gasteiger partial charge in [0.05, 0.1) is 19.3 Å². The Bertz CT molecular complexity index is 461. The van der Waals surface area contributed by atoms with E-state index in [4.69, 9.17) is 4.74 Å². The maximum Gasteiger partial charge on any atom is 0.0812 e. The first-order valence-corrected chi connectivity index (χ1v) is 7.71. The van der Waals surface area contributed by atoms with Crippen LogP contribution in [0.5, 0.6) is 0 Å². The van der Waals surface area contributed by atoms with Gasteiger partial charge >= 0.3 is 0 Å². The lowest BCUT2D eigenvalue weighted by Gasteiger charge is -2.34. The lowest BCUT2D eigenvalue weighted by Crippen LogP contribution is -2.38. The summed E-state index contributed by atoms with van der Waals surface area (Å²) in [5.41, 5.74) is 2.68. The van der Waals surface area contributed by atoms with Gasteiger partial charge in [-0.3, -0.25) is 4.90 Å². The Morgan fingerprint density at radius 2 is 2.05 bits per heavy atom. The van der Waals surface area contributed by atoms with E-state index in [0.717, 1.165) is 57.8 Å². The Morgan fingerprint density at radius 3 is 2.80 bits per heavy atom. The second-order valence-corrected chi connectivity index (χ2v) is 6.93. The van der Waals surface area contributed by atoms with E-state index in [2.05, 4.69) is 35.6 Å². The fraction of sp³-hybridized carbons (Fsp3) is 0.750. The highest BCUT2D eigenvalue weighted by Crippen LogP contribution is 2.40. The molecule has 1 aromatic heterocycles. The second kappa shape index (κ2) is 5.51. The SMILES string of the molecule is CC1(C)Cc2c(ccn2CCN2CCOCC2)C(O)C1. The number of rotatable bonds is 3. The molecule has 4 heteroatoms. The van der Waals surface area contributed by atoms with Crippen LogP contribution in [0.2, 0.25) is 0 Å². The Morgan fingerprint density at radius 1 is 1.30 bits per heavy atom. The molecule has 3 rings (SSSR count). The van der Waals surface area contributed by atoms with Gasteiger partial charge in [0.25, 0.3) is 0 Å². The smallest absolute Gasteiger partial charge is 0.0812 e. The van der Waals surface area contributed by atoms with Crippen LogP contribution >= 0.6 is 0 Å². The van der Waals surface area contributed by atoms with Crippen molar-refractivity contribution in [2.45, 2.75) is 39.3 Å². The molecule has 0 saturated carbocycles. The van der Waals surface area contributed by atoms with E-state index in [1.54, 1.807) is 0 Å². The van der Waals surface area contributed by atoms with Crippen LogP contribution in [0.4, 0.5) is 0 Å². The Labute approximate surface area is 121 Å². The quantitative estimate of drug-likeness (QED) is 0.916. The molecule has 1 saturated heterocycles. The average molecular weight is 278 g/mol. The minimum atomic E-state index is -0.293. The summed E-state index contributed by atoms with van der Waals surface area (Å²) in [6.45, 7) is 10.4. The molecule has 0 amide bonds. The van der Waals surface area contributed by atoms with Crippen molar-refractivity contribution in [3.05, 3.63) is 23.5 Å². The summed E-state index contributed by atoms with van der Waals surface area (Å²) in [4.78, 5) is 2.46. The molecule has 0 bridgehead atoms. The molecule has 20 heavy (non-hydrogen) atoms. The van der Waals surface area contributed by atoms with E-state index in [1.807, 2.05) is 0 Å². The molecular weight excluding hydrogens is 252 g/mol. The molecule has 1 aromatic rings. The van der Waals surface area contributed by atoms with E-state index in [0.29, 0.717) is 0 Å². The molecular formula is C16H26N2O2. The molecule has 2 heterocycles. The van der Waals surface area contributed by atoms with Gasteiger partial charge < -0.3 is 14.4 Å². The van der Waals surface area contributed by atoms with Crippen molar-refractivity contribution in [1.82, 2.24) is 9.47 Å². The van der Waals surface area contributed by atoms with Crippen LogP contribution in [0.1, 0.15) is 37.6 Å². The van der Waals surface area contributed by atoms with Gasteiger partial charge in [-0.1, -0.05) is 13.8 Å². The average Bonchev–Trinajstić information content (AvgIpc) is 2.79. The lowest BCUT2D eigenvalue weighted by atomic mass is 9.75. The first-order valence-electron chi connectivity index (χ1n) is 7.71. The normalized spacial score (nSPS) is 26.4. The second-order valence-electron chi connectivity index (χ2n) is 6.93. The standard InChI is InChI=1S/C16H26N2O2/c1-16(2)11-14-13(15(19)12-16)3-4-18(14)6-5-17-7-9-20-10-8-17/h3-4,15,19H,5-12H2,1-2H3. The van der Waals surface area contributed by atoms with Crippen molar-refractivity contribution in [2.24, 2.45) is 5.41 Å². The molecule has 1 aliphatic heterocycles. The third kappa shape index (κ3) is 2.92. The van der Waals surface area contributed by atoms with Crippen molar-refractivity contribution in [3.8, 4) is 0 Å². The number of hydrogen-bond acceptors (Lipinski definition) is 3. The van der Waals surface area contributed by atoms with Gasteiger partial charge in [-0.2, -0.15) is 0 Å². The topological polar surface area (TPSA) is 37.6 Å². The lowest BCUT2D eigenvalue weighted by molar-refractivity contribution is 0.0361. The minimum absolute atomic E-state index is 0.196. The van der Waals surface area contributed by atoms with Crippen molar-refractivity contribution in [3.63, 3.8) is 0 Å². The summed E-state index contributed by atoms with van der Waals surface area (Å²) >= 11 is 0. The van der Waals surface area contributed by atoms with Crippen LogP contribution in [-0.2, 0) is 17.7 Å². The zero-order valence-electron chi connectivity index (χ0n) is 12.6. The molecule has 0 radical (unpaired) electrons. The zero-order chi connectivity index (χ0) is 14.2. The molecule has 1 aliphatic carbocycles. The monoisotopic (exact) mass is 278 g/mol. The number of fused-ring (bicyclic) bond motifs is 1. The van der Waals surface area contributed by atoms with Crippen LogP contribution in [0, 0.1) is 5.41 Å². The maximum atomic E-state index is 10.3. The van der Waals surface area contributed by atoms with Crippen LogP contribution < -0.4 is 0 Å². The summed E-state index contributed by atoms with van der Waals surface area (Å²) in [5.74, 6) is 0. The van der Waals surface area contributed by atoms with Crippen LogP contribution in [0.25, 0.3) is 0 Å². The van der Waals surface area contributed by atoms with Gasteiger partial charge in [-0.25, -0.2) is 0 Å². The fourth-order valence-corrected chi connectivity index (χ4v) is 3.47. The van der Waals surface area contributed by atoms with E-state index in [-0.39, 0.29) is 11.5 Å². The van der Waals surface area contributed by atoms with E-state index >= 15 is 0 Å². The van der Waals surface area contributed by atoms with Gasteiger partial charge in [-0.05, 0) is 24.3 Å². The summed E-state index contributed by atoms with van der Waals surface area (Å²) < 4.78 is 7.73. The number of hydrogen-bond donors (Lipinski definition) is 1. The predicted octanol–water partition coefficient (Wildman–Crippen LogP) is 1.83. The molecule has 0 spiro atoms. The molecule has 1 unspecified atom stereocenters. The summed E-state index contributed by atoms with van der Waals surface area (Å²) in [5, 5.41) is 10.3. The Kier molecular flexibility index (Phi) is 3.89.